The summed E-state index contributed by atoms with van der Waals surface area (Å²) >= 11 is 0. The van der Waals surface area contributed by atoms with Crippen LogP contribution < -0.4 is 10.6 Å². The van der Waals surface area contributed by atoms with E-state index in [1.807, 2.05) is 0 Å². The Morgan fingerprint density at radius 2 is 0.933 bits per heavy atom. The van der Waals surface area contributed by atoms with Crippen LogP contribution in [-0.4, -0.2) is 163 Å². The molecule has 0 aromatic heterocycles. The molecule has 0 aliphatic carbocycles. The highest BCUT2D eigenvalue weighted by atomic mass is 16.7. The quantitative estimate of drug-likeness (QED) is 0.0267. The van der Waals surface area contributed by atoms with Gasteiger partial charge in [0.15, 0.2) is 12.6 Å². The molecule has 2 aliphatic heterocycles. The number of carbonyl (C=O) groups is 2. The highest BCUT2D eigenvalue weighted by Crippen LogP contribution is 2.30. The van der Waals surface area contributed by atoms with Gasteiger partial charge in [0.1, 0.15) is 61.0 Å². The Morgan fingerprint density at radius 3 is 1.36 bits per heavy atom. The molecule has 2 amide bonds. The fraction of sp³-hybridized carbons (Fsp3) is 0.966. The molecule has 2 aliphatic rings. The standard InChI is InChI=1S/C58H112N2O15/c1-5-6-7-8-9-10-11-12-13-14-15-16-17-18-19-20-21-26-29-32-35-38-46(65)56(71)60-44(50(66)45(64)37-34-31-28-25-23-22-24-27-30-33-36-42(2)3)41-72-58-54(70)53(69)55(48(40-62)74-58)75-57-49(59-43(4)63)52(68)51(67)47(39-61)73-57/h42,44-55,57-58,61-62,64-70H,5-41H2,1-4H3,(H,59,63)(H,60,71)/t44-,45+,46+,47+,48+,49+,50-,51+,52+,53+,54+,55-,57+,58-/m0/s1. The molecule has 14 atom stereocenters. The fourth-order valence-corrected chi connectivity index (χ4v) is 10.5. The van der Waals surface area contributed by atoms with E-state index in [0.29, 0.717) is 12.8 Å². The lowest BCUT2D eigenvalue weighted by Crippen LogP contribution is -2.67. The van der Waals surface area contributed by atoms with Crippen LogP contribution in [0.1, 0.15) is 246 Å². The molecular weight excluding hydrogens is 965 g/mol. The van der Waals surface area contributed by atoms with Crippen LogP contribution in [0, 0.1) is 5.92 Å². The molecule has 17 heteroatoms. The van der Waals surface area contributed by atoms with Crippen molar-refractivity contribution in [3.63, 3.8) is 0 Å². The molecule has 444 valence electrons. The van der Waals surface area contributed by atoms with Crippen molar-refractivity contribution in [2.75, 3.05) is 19.8 Å². The smallest absolute Gasteiger partial charge is 0.249 e. The van der Waals surface area contributed by atoms with Crippen LogP contribution in [0.3, 0.4) is 0 Å². The number of ether oxygens (including phenoxy) is 4. The maximum absolute atomic E-state index is 13.4. The fourth-order valence-electron chi connectivity index (χ4n) is 10.5. The summed E-state index contributed by atoms with van der Waals surface area (Å²) in [7, 11) is 0. The molecule has 0 spiro atoms. The van der Waals surface area contributed by atoms with Crippen molar-refractivity contribution in [1.82, 2.24) is 10.6 Å². The Morgan fingerprint density at radius 1 is 0.520 bits per heavy atom. The van der Waals surface area contributed by atoms with E-state index in [1.54, 1.807) is 0 Å². The number of hydrogen-bond acceptors (Lipinski definition) is 15. The Labute approximate surface area is 453 Å². The SMILES string of the molecule is CCCCCCCCCCCCCCCCCCCCCCC[C@@H](O)C(=O)N[C@@H](CO[C@H]1O[C@H](CO)[C@H](O[C@H]2O[C@H](CO)[C@@H](O)[C@H](O)[C@H]2NC(C)=O)[C@H](O)[C@H]1O)[C@H](O)[C@H](O)CCCCCCCCCCCCC(C)C. The number of nitrogens with one attached hydrogen (secondary N) is 2. The van der Waals surface area contributed by atoms with Crippen molar-refractivity contribution >= 4 is 11.8 Å². The average molecular weight is 1080 g/mol. The molecule has 2 saturated heterocycles. The number of aliphatic hydroxyl groups is 9. The topological polar surface area (TPSA) is 277 Å². The Bertz CT molecular complexity index is 1380. The molecule has 2 heterocycles. The summed E-state index contributed by atoms with van der Waals surface area (Å²) in [5.41, 5.74) is 0. The third-order valence-electron chi connectivity index (χ3n) is 15.4. The summed E-state index contributed by atoms with van der Waals surface area (Å²) in [4.78, 5) is 25.4. The molecule has 0 aromatic rings. The summed E-state index contributed by atoms with van der Waals surface area (Å²) in [5, 5.41) is 102. The molecular formula is C58H112N2O15. The highest BCUT2D eigenvalue weighted by Gasteiger charge is 2.51. The van der Waals surface area contributed by atoms with Gasteiger partial charge in [-0.25, -0.2) is 0 Å². The van der Waals surface area contributed by atoms with Crippen LogP contribution in [-0.2, 0) is 28.5 Å². The zero-order chi connectivity index (χ0) is 55.2. The summed E-state index contributed by atoms with van der Waals surface area (Å²) in [5.74, 6) is -0.625. The molecule has 0 bridgehead atoms. The first-order chi connectivity index (χ1) is 36.2. The third-order valence-corrected chi connectivity index (χ3v) is 15.4. The van der Waals surface area contributed by atoms with Gasteiger partial charge in [-0.3, -0.25) is 9.59 Å². The minimum absolute atomic E-state index is 0.202. The predicted octanol–water partition coefficient (Wildman–Crippen LogP) is 7.28. The first kappa shape index (κ1) is 69.5. The van der Waals surface area contributed by atoms with Gasteiger partial charge in [-0.2, -0.15) is 0 Å². The lowest BCUT2D eigenvalue weighted by atomic mass is 9.95. The van der Waals surface area contributed by atoms with Crippen LogP contribution in [0.15, 0.2) is 0 Å². The summed E-state index contributed by atoms with van der Waals surface area (Å²) in [6.07, 6.45) is 20.3. The van der Waals surface area contributed by atoms with Gasteiger partial charge in [0.05, 0.1) is 32.0 Å². The largest absolute Gasteiger partial charge is 0.394 e. The van der Waals surface area contributed by atoms with Crippen molar-refractivity contribution in [2.24, 2.45) is 5.92 Å². The maximum Gasteiger partial charge on any atom is 0.249 e. The van der Waals surface area contributed by atoms with Gasteiger partial charge >= 0.3 is 0 Å². The van der Waals surface area contributed by atoms with Gasteiger partial charge < -0.3 is 75.5 Å². The number of hydrogen-bond donors (Lipinski definition) is 11. The van der Waals surface area contributed by atoms with Crippen LogP contribution in [0.2, 0.25) is 0 Å². The van der Waals surface area contributed by atoms with Crippen molar-refractivity contribution in [1.29, 1.82) is 0 Å². The number of amides is 2. The average Bonchev–Trinajstić information content (AvgIpc) is 3.39. The second-order valence-electron chi connectivity index (χ2n) is 22.6. The van der Waals surface area contributed by atoms with Gasteiger partial charge in [0.25, 0.3) is 0 Å². The zero-order valence-electron chi connectivity index (χ0n) is 47.3. The first-order valence-corrected chi connectivity index (χ1v) is 30.3. The maximum atomic E-state index is 13.4. The molecule has 0 saturated carbocycles. The van der Waals surface area contributed by atoms with Crippen LogP contribution in [0.5, 0.6) is 0 Å². The van der Waals surface area contributed by atoms with Crippen molar-refractivity contribution < 1.29 is 74.5 Å². The van der Waals surface area contributed by atoms with Gasteiger partial charge in [-0.05, 0) is 18.8 Å². The second kappa shape index (κ2) is 43.2. The molecule has 2 rings (SSSR count). The molecule has 0 aromatic carbocycles. The Balaban J connectivity index is 1.87. The van der Waals surface area contributed by atoms with E-state index in [0.717, 1.165) is 57.8 Å². The second-order valence-corrected chi connectivity index (χ2v) is 22.6. The van der Waals surface area contributed by atoms with E-state index in [9.17, 15) is 55.5 Å². The van der Waals surface area contributed by atoms with Gasteiger partial charge in [0.2, 0.25) is 11.8 Å². The Kier molecular flexibility index (Phi) is 40.1. The van der Waals surface area contributed by atoms with Gasteiger partial charge in [0, 0.05) is 6.92 Å². The van der Waals surface area contributed by atoms with Gasteiger partial charge in [-0.1, -0.05) is 226 Å². The minimum atomic E-state index is -1.86. The highest BCUT2D eigenvalue weighted by molar-refractivity contribution is 5.80. The first-order valence-electron chi connectivity index (χ1n) is 30.3. The lowest BCUT2D eigenvalue weighted by Gasteiger charge is -2.47. The number of rotatable bonds is 47. The third kappa shape index (κ3) is 30.0. The lowest BCUT2D eigenvalue weighted by molar-refractivity contribution is -0.347. The molecule has 11 N–H and O–H groups in total. The van der Waals surface area contributed by atoms with E-state index in [2.05, 4.69) is 31.4 Å². The van der Waals surface area contributed by atoms with Crippen molar-refractivity contribution in [3.05, 3.63) is 0 Å². The monoisotopic (exact) mass is 1080 g/mol. The van der Waals surface area contributed by atoms with Crippen molar-refractivity contribution in [3.8, 4) is 0 Å². The predicted molar refractivity (Wildman–Crippen MR) is 291 cm³/mol. The molecule has 17 nitrogen and oxygen atoms in total. The zero-order valence-corrected chi connectivity index (χ0v) is 47.3. The molecule has 75 heavy (non-hydrogen) atoms. The molecule has 0 unspecified atom stereocenters. The van der Waals surface area contributed by atoms with Crippen LogP contribution in [0.25, 0.3) is 0 Å². The van der Waals surface area contributed by atoms with E-state index in [-0.39, 0.29) is 12.8 Å². The van der Waals surface area contributed by atoms with E-state index in [1.165, 1.54) is 148 Å². The summed E-state index contributed by atoms with van der Waals surface area (Å²) in [6.45, 7) is 5.89. The number of aliphatic hydroxyl groups excluding tert-OH is 9. The van der Waals surface area contributed by atoms with Crippen molar-refractivity contribution in [2.45, 2.75) is 332 Å². The van der Waals surface area contributed by atoms with E-state index < -0.39 is 117 Å². The summed E-state index contributed by atoms with van der Waals surface area (Å²) in [6, 6.07) is -2.67. The molecule has 0 radical (unpaired) electrons. The number of unbranched alkanes of at least 4 members (excludes halogenated alkanes) is 29. The number of carbonyl (C=O) groups excluding carboxylic acids is 2. The van der Waals surface area contributed by atoms with Gasteiger partial charge in [-0.15, -0.1) is 0 Å². The van der Waals surface area contributed by atoms with Crippen LogP contribution >= 0.6 is 0 Å². The van der Waals surface area contributed by atoms with Crippen LogP contribution in [0.4, 0.5) is 0 Å². The Hall–Kier alpha value is -1.58. The van der Waals surface area contributed by atoms with E-state index >= 15 is 0 Å². The minimum Gasteiger partial charge on any atom is -0.394 e. The normalized spacial score (nSPS) is 25.8. The molecule has 2 fully saturated rings. The summed E-state index contributed by atoms with van der Waals surface area (Å²) < 4.78 is 23.2. The van der Waals surface area contributed by atoms with E-state index in [4.69, 9.17) is 18.9 Å².